The molecule has 0 fully saturated rings. The molecule has 0 aliphatic carbocycles. The van der Waals surface area contributed by atoms with Gasteiger partial charge in [0.05, 0.1) is 30.8 Å². The molecule has 2 aliphatic rings. The highest BCUT2D eigenvalue weighted by molar-refractivity contribution is 8.16. The summed E-state index contributed by atoms with van der Waals surface area (Å²) in [7, 11) is 1.34. The van der Waals surface area contributed by atoms with E-state index < -0.39 is 18.0 Å². The molecule has 2 heterocycles. The molecule has 0 radical (unpaired) electrons. The summed E-state index contributed by atoms with van der Waals surface area (Å²) >= 11 is 1.37. The topological polar surface area (TPSA) is 79.2 Å². The monoisotopic (exact) mass is 358 g/mol. The number of esters is 1. The number of thioether (sulfide) groups is 1. The first-order valence-electron chi connectivity index (χ1n) is 7.74. The molecule has 130 valence electrons. The molecule has 0 saturated heterocycles. The number of carboxylic acids is 1. The van der Waals surface area contributed by atoms with Crippen molar-refractivity contribution in [3.8, 4) is 0 Å². The van der Waals surface area contributed by atoms with Crippen LogP contribution in [0.4, 0.5) is 0 Å². The van der Waals surface area contributed by atoms with Gasteiger partial charge in [0, 0.05) is 5.70 Å². The van der Waals surface area contributed by atoms with E-state index in [0.29, 0.717) is 22.1 Å². The zero-order chi connectivity index (χ0) is 18.1. The van der Waals surface area contributed by atoms with Gasteiger partial charge in [-0.05, 0) is 30.4 Å². The van der Waals surface area contributed by atoms with Crippen LogP contribution < -0.4 is 0 Å². The van der Waals surface area contributed by atoms with Gasteiger partial charge in [-0.25, -0.2) is 9.79 Å². The van der Waals surface area contributed by atoms with Gasteiger partial charge < -0.3 is 14.7 Å². The number of aryl methyl sites for hydroxylation is 1. The SMILES string of the molecule is COC(=O)C1=C(C)N=C2SC=C(CC(=O)O)N2C1c1ccccc1C. The summed E-state index contributed by atoms with van der Waals surface area (Å²) < 4.78 is 4.98. The number of carboxylic acid groups (broad SMARTS) is 1. The third-order valence-electron chi connectivity index (χ3n) is 4.22. The average Bonchev–Trinajstić information content (AvgIpc) is 2.95. The number of amidine groups is 1. The van der Waals surface area contributed by atoms with Crippen molar-refractivity contribution >= 4 is 28.9 Å². The van der Waals surface area contributed by atoms with Crippen LogP contribution in [0.15, 0.2) is 51.6 Å². The summed E-state index contributed by atoms with van der Waals surface area (Å²) in [5.74, 6) is -1.39. The second-order valence-electron chi connectivity index (χ2n) is 5.81. The minimum absolute atomic E-state index is 0.137. The van der Waals surface area contributed by atoms with Gasteiger partial charge in [0.1, 0.15) is 0 Å². The molecule has 25 heavy (non-hydrogen) atoms. The molecule has 3 rings (SSSR count). The van der Waals surface area contributed by atoms with Crippen molar-refractivity contribution in [1.29, 1.82) is 0 Å². The van der Waals surface area contributed by atoms with E-state index in [2.05, 4.69) is 4.99 Å². The second-order valence-corrected chi connectivity index (χ2v) is 6.65. The molecule has 1 aromatic carbocycles. The molecule has 2 aliphatic heterocycles. The van der Waals surface area contributed by atoms with Crippen LogP contribution in [0, 0.1) is 6.92 Å². The van der Waals surface area contributed by atoms with Crippen molar-refractivity contribution in [1.82, 2.24) is 4.90 Å². The number of hydrogen-bond donors (Lipinski definition) is 1. The lowest BCUT2D eigenvalue weighted by atomic mass is 9.91. The number of benzene rings is 1. The van der Waals surface area contributed by atoms with Crippen LogP contribution in [0.25, 0.3) is 0 Å². The van der Waals surface area contributed by atoms with Gasteiger partial charge in [0.25, 0.3) is 0 Å². The average molecular weight is 358 g/mol. The third kappa shape index (κ3) is 3.07. The fourth-order valence-electron chi connectivity index (χ4n) is 3.08. The van der Waals surface area contributed by atoms with Gasteiger partial charge >= 0.3 is 11.9 Å². The molecule has 6 nitrogen and oxygen atoms in total. The Morgan fingerprint density at radius 1 is 1.32 bits per heavy atom. The van der Waals surface area contributed by atoms with Crippen LogP contribution in [0.2, 0.25) is 0 Å². The van der Waals surface area contributed by atoms with Crippen molar-refractivity contribution in [3.63, 3.8) is 0 Å². The molecule has 1 unspecified atom stereocenters. The summed E-state index contributed by atoms with van der Waals surface area (Å²) in [5.41, 5.74) is 3.56. The van der Waals surface area contributed by atoms with E-state index in [1.54, 1.807) is 12.3 Å². The Labute approximate surface area is 149 Å². The van der Waals surface area contributed by atoms with Gasteiger partial charge in [0.15, 0.2) is 5.17 Å². The van der Waals surface area contributed by atoms with E-state index in [0.717, 1.165) is 11.1 Å². The molecule has 0 bridgehead atoms. The van der Waals surface area contributed by atoms with Crippen molar-refractivity contribution in [3.05, 3.63) is 57.8 Å². The molecule has 0 spiro atoms. The lowest BCUT2D eigenvalue weighted by Crippen LogP contribution is -2.37. The van der Waals surface area contributed by atoms with Crippen molar-refractivity contribution in [2.75, 3.05) is 7.11 Å². The predicted molar refractivity (Wildman–Crippen MR) is 95.8 cm³/mol. The molecular weight excluding hydrogens is 340 g/mol. The van der Waals surface area contributed by atoms with Crippen LogP contribution in [-0.4, -0.2) is 34.2 Å². The molecule has 1 atom stereocenters. The van der Waals surface area contributed by atoms with Crippen molar-refractivity contribution in [2.45, 2.75) is 26.3 Å². The fourth-order valence-corrected chi connectivity index (χ4v) is 4.05. The number of rotatable bonds is 4. The number of carbonyl (C=O) groups excluding carboxylic acids is 1. The smallest absolute Gasteiger partial charge is 0.338 e. The maximum absolute atomic E-state index is 12.5. The third-order valence-corrected chi connectivity index (χ3v) is 5.11. The lowest BCUT2D eigenvalue weighted by Gasteiger charge is -2.36. The molecule has 0 saturated carbocycles. The van der Waals surface area contributed by atoms with Gasteiger partial charge in [-0.2, -0.15) is 0 Å². The largest absolute Gasteiger partial charge is 0.481 e. The molecule has 0 amide bonds. The molecule has 1 N–H and O–H groups in total. The Balaban J connectivity index is 2.18. The van der Waals surface area contributed by atoms with E-state index in [4.69, 9.17) is 4.74 Å². The Hall–Kier alpha value is -2.54. The fraction of sp³-hybridized carbons (Fsp3) is 0.278. The molecule has 0 aromatic heterocycles. The standard InChI is InChI=1S/C18H18N2O4S/c1-10-6-4-5-7-13(10)16-15(17(23)24-3)11(2)19-18-20(16)12(9-25-18)8-14(21)22/h4-7,9,16H,8H2,1-3H3,(H,21,22). The summed E-state index contributed by atoms with van der Waals surface area (Å²) in [6, 6.07) is 7.29. The zero-order valence-corrected chi connectivity index (χ0v) is 15.0. The summed E-state index contributed by atoms with van der Waals surface area (Å²) in [5, 5.41) is 11.7. The van der Waals surface area contributed by atoms with Crippen LogP contribution >= 0.6 is 11.8 Å². The minimum Gasteiger partial charge on any atom is -0.481 e. The van der Waals surface area contributed by atoms with E-state index in [1.165, 1.54) is 18.9 Å². The van der Waals surface area contributed by atoms with Crippen LogP contribution in [0.3, 0.4) is 0 Å². The number of carbonyl (C=O) groups is 2. The first-order valence-corrected chi connectivity index (χ1v) is 8.62. The van der Waals surface area contributed by atoms with E-state index >= 15 is 0 Å². The first kappa shape index (κ1) is 17.3. The highest BCUT2D eigenvalue weighted by atomic mass is 32.2. The number of hydrogen-bond acceptors (Lipinski definition) is 6. The summed E-state index contributed by atoms with van der Waals surface area (Å²) in [6.45, 7) is 3.74. The van der Waals surface area contributed by atoms with Crippen molar-refractivity contribution < 1.29 is 19.4 Å². The Morgan fingerprint density at radius 3 is 2.68 bits per heavy atom. The van der Waals surface area contributed by atoms with Gasteiger partial charge in [0.2, 0.25) is 0 Å². The first-order chi connectivity index (χ1) is 11.9. The number of methoxy groups -OCH3 is 1. The quantitative estimate of drug-likeness (QED) is 0.833. The number of aliphatic imine (C=N–C) groups is 1. The predicted octanol–water partition coefficient (Wildman–Crippen LogP) is 3.22. The number of aliphatic carboxylic acids is 1. The number of fused-ring (bicyclic) bond motifs is 1. The van der Waals surface area contributed by atoms with Crippen molar-refractivity contribution in [2.24, 2.45) is 4.99 Å². The van der Waals surface area contributed by atoms with Gasteiger partial charge in [-0.15, -0.1) is 0 Å². The minimum atomic E-state index is -0.928. The number of allylic oxidation sites excluding steroid dienone is 1. The van der Waals surface area contributed by atoms with Gasteiger partial charge in [-0.3, -0.25) is 4.79 Å². The van der Waals surface area contributed by atoms with E-state index in [1.807, 2.05) is 36.1 Å². The van der Waals surface area contributed by atoms with E-state index in [-0.39, 0.29) is 6.42 Å². The number of nitrogens with zero attached hydrogens (tertiary/aromatic N) is 2. The highest BCUT2D eigenvalue weighted by Gasteiger charge is 2.41. The maximum Gasteiger partial charge on any atom is 0.338 e. The molecule has 1 aromatic rings. The Morgan fingerprint density at radius 2 is 2.04 bits per heavy atom. The second kappa shape index (κ2) is 6.76. The molecule has 7 heteroatoms. The maximum atomic E-state index is 12.5. The Kier molecular flexibility index (Phi) is 4.67. The summed E-state index contributed by atoms with van der Waals surface area (Å²) in [6.07, 6.45) is -0.137. The lowest BCUT2D eigenvalue weighted by molar-refractivity contribution is -0.137. The van der Waals surface area contributed by atoms with Gasteiger partial charge in [-0.1, -0.05) is 36.0 Å². The zero-order valence-electron chi connectivity index (χ0n) is 14.1. The van der Waals surface area contributed by atoms with Crippen LogP contribution in [-0.2, 0) is 14.3 Å². The van der Waals surface area contributed by atoms with Crippen LogP contribution in [0.1, 0.15) is 30.5 Å². The summed E-state index contributed by atoms with van der Waals surface area (Å²) in [4.78, 5) is 30.1. The normalized spacial score (nSPS) is 19.3. The van der Waals surface area contributed by atoms with Crippen LogP contribution in [0.5, 0.6) is 0 Å². The van der Waals surface area contributed by atoms with E-state index in [9.17, 15) is 14.7 Å². The highest BCUT2D eigenvalue weighted by Crippen LogP contribution is 2.45. The number of ether oxygens (including phenoxy) is 1. The molecular formula is C18H18N2O4S. The Bertz CT molecular complexity index is 841.